The largest absolute Gasteiger partial charge is 0.489 e. The second kappa shape index (κ2) is 10.4. The normalized spacial score (nSPS) is 16.7. The van der Waals surface area contributed by atoms with E-state index in [1.807, 2.05) is 37.3 Å². The molecule has 33 heavy (non-hydrogen) atoms. The Morgan fingerprint density at radius 2 is 2.06 bits per heavy atom. The van der Waals surface area contributed by atoms with Crippen molar-refractivity contribution in [2.45, 2.75) is 38.2 Å². The number of pyridine rings is 1. The molecule has 3 aromatic rings. The van der Waals surface area contributed by atoms with E-state index in [9.17, 15) is 13.6 Å². The maximum absolute atomic E-state index is 12.4. The molecule has 0 radical (unpaired) electrons. The summed E-state index contributed by atoms with van der Waals surface area (Å²) >= 11 is 0. The summed E-state index contributed by atoms with van der Waals surface area (Å²) in [6.45, 7) is 2.77. The molecule has 1 aliphatic rings. The molecule has 1 saturated heterocycles. The molecule has 0 amide bonds. The average molecular weight is 457 g/mol. The Labute approximate surface area is 190 Å². The van der Waals surface area contributed by atoms with Gasteiger partial charge in [0.05, 0.1) is 6.54 Å². The summed E-state index contributed by atoms with van der Waals surface area (Å²) in [5.74, 6) is 0.931. The monoisotopic (exact) mass is 457 g/mol. The molecule has 9 heteroatoms. The average Bonchev–Trinajstić information content (AvgIpc) is 3.51. The third-order valence-corrected chi connectivity index (χ3v) is 5.55. The zero-order valence-electron chi connectivity index (χ0n) is 18.2. The molecule has 1 unspecified atom stereocenters. The number of hydrogen-bond acceptors (Lipinski definition) is 7. The Morgan fingerprint density at radius 3 is 2.79 bits per heavy atom. The van der Waals surface area contributed by atoms with Crippen LogP contribution in [-0.4, -0.2) is 48.1 Å². The van der Waals surface area contributed by atoms with Gasteiger partial charge in [-0.2, -0.15) is 0 Å². The predicted octanol–water partition coefficient (Wildman–Crippen LogP) is 4.75. The lowest BCUT2D eigenvalue weighted by molar-refractivity contribution is 0.0796. The highest BCUT2D eigenvalue weighted by atomic mass is 19.3. The highest BCUT2D eigenvalue weighted by molar-refractivity contribution is 5.94. The number of alkyl halides is 2. The van der Waals surface area contributed by atoms with Crippen LogP contribution in [0.4, 0.5) is 14.5 Å². The Balaban J connectivity index is 1.29. The van der Waals surface area contributed by atoms with Crippen LogP contribution < -0.4 is 14.4 Å². The number of rotatable bonds is 10. The number of Topliss-reactive ketones (excluding diaryl/α,β-unsaturated/α-hetero) is 1. The first kappa shape index (κ1) is 22.7. The van der Waals surface area contributed by atoms with Crippen molar-refractivity contribution in [3.8, 4) is 11.6 Å². The highest BCUT2D eigenvalue weighted by Gasteiger charge is 2.25. The van der Waals surface area contributed by atoms with E-state index in [0.29, 0.717) is 18.7 Å². The quantitative estimate of drug-likeness (QED) is 0.407. The molecular formula is C24H25F2N3O4. The Bertz CT molecular complexity index is 1040. The zero-order valence-corrected chi connectivity index (χ0v) is 18.2. The fourth-order valence-corrected chi connectivity index (χ4v) is 3.81. The molecule has 2 aromatic heterocycles. The van der Waals surface area contributed by atoms with Gasteiger partial charge in [0.2, 0.25) is 5.88 Å². The van der Waals surface area contributed by atoms with Crippen LogP contribution in [0.1, 0.15) is 41.7 Å². The van der Waals surface area contributed by atoms with Gasteiger partial charge in [0.1, 0.15) is 23.8 Å². The maximum atomic E-state index is 12.4. The van der Waals surface area contributed by atoms with Gasteiger partial charge in [-0.3, -0.25) is 4.79 Å². The minimum absolute atomic E-state index is 0.000569. The summed E-state index contributed by atoms with van der Waals surface area (Å²) in [5, 5.41) is 3.69. The van der Waals surface area contributed by atoms with Crippen LogP contribution in [0.3, 0.4) is 0 Å². The standard InChI is InChI=1S/C24H25F2N3O4/c1-16(12-22(30)21-8-11-32-28-21)17-2-4-19(5-3-17)33-20-7-10-29(14-20)18-6-9-27-24(13-18)31-15-23(25)26/h2-6,8-9,11,13,16,20,23H,7,10,12,14-15H2,1H3/t16-,20?/m1/s1. The van der Waals surface area contributed by atoms with Gasteiger partial charge in [0.25, 0.3) is 6.43 Å². The van der Waals surface area contributed by atoms with Gasteiger partial charge in [0, 0.05) is 43.4 Å². The van der Waals surface area contributed by atoms with Crippen LogP contribution in [0.15, 0.2) is 59.4 Å². The van der Waals surface area contributed by atoms with Crippen molar-refractivity contribution in [1.82, 2.24) is 10.1 Å². The summed E-state index contributed by atoms with van der Waals surface area (Å²) < 4.78 is 40.6. The van der Waals surface area contributed by atoms with E-state index in [2.05, 4.69) is 15.0 Å². The van der Waals surface area contributed by atoms with E-state index in [1.54, 1.807) is 18.3 Å². The van der Waals surface area contributed by atoms with Crippen LogP contribution in [0.25, 0.3) is 0 Å². The lowest BCUT2D eigenvalue weighted by Crippen LogP contribution is -2.24. The van der Waals surface area contributed by atoms with Crippen molar-refractivity contribution < 1.29 is 27.6 Å². The molecule has 4 rings (SSSR count). The molecule has 1 fully saturated rings. The number of ether oxygens (including phenoxy) is 2. The van der Waals surface area contributed by atoms with Crippen molar-refractivity contribution in [1.29, 1.82) is 0 Å². The summed E-state index contributed by atoms with van der Waals surface area (Å²) in [5.41, 5.74) is 2.25. The van der Waals surface area contributed by atoms with Gasteiger partial charge in [0.15, 0.2) is 12.4 Å². The Hall–Kier alpha value is -3.49. The summed E-state index contributed by atoms with van der Waals surface area (Å²) in [6.07, 6.45) is 1.59. The first-order chi connectivity index (χ1) is 16.0. The first-order valence-electron chi connectivity index (χ1n) is 10.8. The van der Waals surface area contributed by atoms with Crippen LogP contribution in [0.5, 0.6) is 11.6 Å². The van der Waals surface area contributed by atoms with Crippen LogP contribution in [0, 0.1) is 0 Å². The second-order valence-electron chi connectivity index (χ2n) is 8.01. The van der Waals surface area contributed by atoms with Crippen LogP contribution in [0.2, 0.25) is 0 Å². The fraction of sp³-hybridized carbons (Fsp3) is 0.375. The molecule has 1 aliphatic heterocycles. The number of benzene rings is 1. The van der Waals surface area contributed by atoms with E-state index in [4.69, 9.17) is 14.0 Å². The topological polar surface area (TPSA) is 77.7 Å². The van der Waals surface area contributed by atoms with Crippen molar-refractivity contribution in [3.05, 3.63) is 66.2 Å². The molecule has 0 saturated carbocycles. The number of carbonyl (C=O) groups excluding carboxylic acids is 1. The van der Waals surface area contributed by atoms with Crippen molar-refractivity contribution in [3.63, 3.8) is 0 Å². The molecule has 0 N–H and O–H groups in total. The minimum Gasteiger partial charge on any atom is -0.489 e. The van der Waals surface area contributed by atoms with E-state index in [-0.39, 0.29) is 23.7 Å². The Kier molecular flexibility index (Phi) is 7.16. The molecule has 0 spiro atoms. The summed E-state index contributed by atoms with van der Waals surface area (Å²) in [4.78, 5) is 18.3. The van der Waals surface area contributed by atoms with Crippen LogP contribution in [-0.2, 0) is 0 Å². The molecule has 2 atom stereocenters. The number of hydrogen-bond donors (Lipinski definition) is 0. The molecule has 174 valence electrons. The smallest absolute Gasteiger partial charge is 0.272 e. The molecule has 3 heterocycles. The van der Waals surface area contributed by atoms with E-state index < -0.39 is 13.0 Å². The van der Waals surface area contributed by atoms with Crippen molar-refractivity contribution in [2.75, 3.05) is 24.6 Å². The zero-order chi connectivity index (χ0) is 23.2. The SMILES string of the molecule is C[C@H](CC(=O)c1ccon1)c1ccc(OC2CCN(c3ccnc(OCC(F)F)c3)C2)cc1. The summed E-state index contributed by atoms with van der Waals surface area (Å²) in [7, 11) is 0. The lowest BCUT2D eigenvalue weighted by atomic mass is 9.95. The molecular weight excluding hydrogens is 432 g/mol. The molecule has 1 aromatic carbocycles. The maximum Gasteiger partial charge on any atom is 0.272 e. The lowest BCUT2D eigenvalue weighted by Gasteiger charge is -2.20. The second-order valence-corrected chi connectivity index (χ2v) is 8.01. The van der Waals surface area contributed by atoms with E-state index in [0.717, 1.165) is 30.0 Å². The van der Waals surface area contributed by atoms with Gasteiger partial charge in [-0.15, -0.1) is 0 Å². The third-order valence-electron chi connectivity index (χ3n) is 5.55. The molecule has 0 aliphatic carbocycles. The Morgan fingerprint density at radius 1 is 1.24 bits per heavy atom. The van der Waals surface area contributed by atoms with E-state index >= 15 is 0 Å². The van der Waals surface area contributed by atoms with Gasteiger partial charge >= 0.3 is 0 Å². The highest BCUT2D eigenvalue weighted by Crippen LogP contribution is 2.27. The van der Waals surface area contributed by atoms with Crippen molar-refractivity contribution >= 4 is 11.5 Å². The number of anilines is 1. The van der Waals surface area contributed by atoms with E-state index in [1.165, 1.54) is 6.26 Å². The number of nitrogens with zero attached hydrogens (tertiary/aromatic N) is 3. The first-order valence-corrected chi connectivity index (χ1v) is 10.8. The number of carbonyl (C=O) groups is 1. The van der Waals surface area contributed by atoms with Gasteiger partial charge in [-0.25, -0.2) is 13.8 Å². The fourth-order valence-electron chi connectivity index (χ4n) is 3.81. The van der Waals surface area contributed by atoms with Crippen LogP contribution >= 0.6 is 0 Å². The number of halogens is 2. The minimum atomic E-state index is -2.54. The van der Waals surface area contributed by atoms with Crippen molar-refractivity contribution in [2.24, 2.45) is 0 Å². The summed E-state index contributed by atoms with van der Waals surface area (Å²) in [6, 6.07) is 12.8. The third kappa shape index (κ3) is 6.06. The van der Waals surface area contributed by atoms with Gasteiger partial charge in [-0.1, -0.05) is 24.2 Å². The molecule has 0 bridgehead atoms. The molecule has 7 nitrogen and oxygen atoms in total. The van der Waals surface area contributed by atoms with Gasteiger partial charge in [-0.05, 0) is 29.7 Å². The number of aromatic nitrogens is 2. The van der Waals surface area contributed by atoms with Gasteiger partial charge < -0.3 is 18.9 Å². The predicted molar refractivity (Wildman–Crippen MR) is 117 cm³/mol. The number of ketones is 1.